The summed E-state index contributed by atoms with van der Waals surface area (Å²) in [5.74, 6) is 1.63. The number of halogens is 1. The minimum absolute atomic E-state index is 0.712. The van der Waals surface area contributed by atoms with Crippen LogP contribution in [-0.2, 0) is 0 Å². The zero-order valence-corrected chi connectivity index (χ0v) is 11.2. The van der Waals surface area contributed by atoms with Gasteiger partial charge in [0.15, 0.2) is 0 Å². The van der Waals surface area contributed by atoms with Gasteiger partial charge in [0, 0.05) is 4.83 Å². The quantitative estimate of drug-likeness (QED) is 0.669. The molecule has 2 saturated carbocycles. The smallest absolute Gasteiger partial charge is 0.0214 e. The Kier molecular flexibility index (Phi) is 3.06. The Morgan fingerprint density at radius 1 is 0.938 bits per heavy atom. The molecule has 0 spiro atoms. The maximum atomic E-state index is 3.83. The molecule has 2 aliphatic carbocycles. The topological polar surface area (TPSA) is 0 Å². The van der Waals surface area contributed by atoms with Gasteiger partial charge in [-0.1, -0.05) is 53.0 Å². The summed E-state index contributed by atoms with van der Waals surface area (Å²) in [6, 6.07) is 9.40. The highest BCUT2D eigenvalue weighted by Crippen LogP contribution is 2.41. The van der Waals surface area contributed by atoms with Crippen LogP contribution in [0.5, 0.6) is 0 Å². The van der Waals surface area contributed by atoms with Gasteiger partial charge < -0.3 is 0 Å². The summed E-state index contributed by atoms with van der Waals surface area (Å²) in [4.78, 5) is 0.712. The zero-order chi connectivity index (χ0) is 11.0. The van der Waals surface area contributed by atoms with E-state index in [9.17, 15) is 0 Å². The molecule has 0 bridgehead atoms. The highest BCUT2D eigenvalue weighted by atomic mass is 79.9. The van der Waals surface area contributed by atoms with Crippen molar-refractivity contribution in [2.75, 3.05) is 0 Å². The minimum atomic E-state index is 0.712. The zero-order valence-electron chi connectivity index (χ0n) is 9.66. The summed E-state index contributed by atoms with van der Waals surface area (Å²) >= 11 is 3.83. The number of benzene rings is 1. The first kappa shape index (κ1) is 10.8. The number of hydrogen-bond acceptors (Lipinski definition) is 0. The summed E-state index contributed by atoms with van der Waals surface area (Å²) < 4.78 is 0. The fourth-order valence-corrected chi connectivity index (χ4v) is 3.97. The second-order valence-electron chi connectivity index (χ2n) is 5.35. The van der Waals surface area contributed by atoms with Gasteiger partial charge in [-0.05, 0) is 48.6 Å². The first-order valence-electron chi connectivity index (χ1n) is 6.58. The van der Waals surface area contributed by atoms with Gasteiger partial charge in [-0.15, -0.1) is 0 Å². The Morgan fingerprint density at radius 2 is 1.69 bits per heavy atom. The van der Waals surface area contributed by atoms with Crippen molar-refractivity contribution in [3.05, 3.63) is 35.4 Å². The summed E-state index contributed by atoms with van der Waals surface area (Å²) in [6.07, 6.45) is 8.34. The van der Waals surface area contributed by atoms with Crippen molar-refractivity contribution in [3.8, 4) is 0 Å². The van der Waals surface area contributed by atoms with E-state index >= 15 is 0 Å². The van der Waals surface area contributed by atoms with E-state index in [-0.39, 0.29) is 0 Å². The molecule has 0 aliphatic heterocycles. The van der Waals surface area contributed by atoms with Gasteiger partial charge in [-0.2, -0.15) is 0 Å². The highest BCUT2D eigenvalue weighted by molar-refractivity contribution is 9.09. The van der Waals surface area contributed by atoms with E-state index in [4.69, 9.17) is 0 Å². The van der Waals surface area contributed by atoms with Crippen molar-refractivity contribution in [3.63, 3.8) is 0 Å². The Bertz CT molecular complexity index is 367. The molecular formula is C15H19Br. The molecule has 1 aromatic rings. The standard InChI is InChI=1S/C15H19Br/c16-15-9-3-8-14(15)13-7-2-6-12(10-13)11-4-1-5-11/h2,6-7,10-11,14-15H,1,3-5,8-9H2. The average Bonchev–Trinajstić information content (AvgIpc) is 2.62. The fraction of sp³-hybridized carbons (Fsp3) is 0.600. The predicted octanol–water partition coefficient (Wildman–Crippen LogP) is 4.99. The molecule has 16 heavy (non-hydrogen) atoms. The van der Waals surface area contributed by atoms with Crippen LogP contribution in [0.2, 0.25) is 0 Å². The van der Waals surface area contributed by atoms with Gasteiger partial charge in [0.2, 0.25) is 0 Å². The molecule has 0 radical (unpaired) electrons. The molecule has 3 rings (SSSR count). The fourth-order valence-electron chi connectivity index (χ4n) is 3.08. The van der Waals surface area contributed by atoms with Crippen LogP contribution in [0, 0.1) is 0 Å². The third-order valence-electron chi connectivity index (χ3n) is 4.35. The van der Waals surface area contributed by atoms with Crippen LogP contribution in [0.1, 0.15) is 61.5 Å². The monoisotopic (exact) mass is 278 g/mol. The predicted molar refractivity (Wildman–Crippen MR) is 72.3 cm³/mol. The lowest BCUT2D eigenvalue weighted by atomic mass is 9.79. The van der Waals surface area contributed by atoms with E-state index in [1.165, 1.54) is 38.5 Å². The van der Waals surface area contributed by atoms with E-state index in [1.807, 2.05) is 0 Å². The molecule has 86 valence electrons. The molecule has 0 aromatic heterocycles. The molecule has 1 heteroatoms. The van der Waals surface area contributed by atoms with Crippen molar-refractivity contribution < 1.29 is 0 Å². The van der Waals surface area contributed by atoms with Gasteiger partial charge in [0.05, 0.1) is 0 Å². The number of alkyl halides is 1. The minimum Gasteiger partial charge on any atom is -0.0884 e. The van der Waals surface area contributed by atoms with E-state index in [0.717, 1.165) is 11.8 Å². The van der Waals surface area contributed by atoms with Gasteiger partial charge in [0.25, 0.3) is 0 Å². The Labute approximate surface area is 107 Å². The summed E-state index contributed by atoms with van der Waals surface area (Å²) in [5.41, 5.74) is 3.17. The molecular weight excluding hydrogens is 260 g/mol. The number of hydrogen-bond donors (Lipinski definition) is 0. The van der Waals surface area contributed by atoms with E-state index in [2.05, 4.69) is 40.2 Å². The van der Waals surface area contributed by atoms with E-state index < -0.39 is 0 Å². The Hall–Kier alpha value is -0.300. The van der Waals surface area contributed by atoms with Crippen molar-refractivity contribution in [1.82, 2.24) is 0 Å². The van der Waals surface area contributed by atoms with Gasteiger partial charge in [-0.3, -0.25) is 0 Å². The first-order valence-corrected chi connectivity index (χ1v) is 7.50. The molecule has 2 fully saturated rings. The molecule has 0 saturated heterocycles. The summed E-state index contributed by atoms with van der Waals surface area (Å²) in [6.45, 7) is 0. The lowest BCUT2D eigenvalue weighted by Gasteiger charge is -2.27. The molecule has 2 atom stereocenters. The molecule has 2 aliphatic rings. The van der Waals surface area contributed by atoms with Crippen molar-refractivity contribution in [1.29, 1.82) is 0 Å². The van der Waals surface area contributed by atoms with Crippen LogP contribution in [-0.4, -0.2) is 4.83 Å². The molecule has 1 aromatic carbocycles. The lowest BCUT2D eigenvalue weighted by Crippen LogP contribution is -2.10. The average molecular weight is 279 g/mol. The normalized spacial score (nSPS) is 30.3. The van der Waals surface area contributed by atoms with Gasteiger partial charge in [0.1, 0.15) is 0 Å². The van der Waals surface area contributed by atoms with Gasteiger partial charge in [-0.25, -0.2) is 0 Å². The van der Waals surface area contributed by atoms with Crippen molar-refractivity contribution in [2.45, 2.75) is 55.2 Å². The van der Waals surface area contributed by atoms with Crippen LogP contribution in [0.3, 0.4) is 0 Å². The lowest BCUT2D eigenvalue weighted by molar-refractivity contribution is 0.419. The maximum absolute atomic E-state index is 3.83. The summed E-state index contributed by atoms with van der Waals surface area (Å²) in [7, 11) is 0. The molecule has 0 heterocycles. The van der Waals surface area contributed by atoms with Crippen molar-refractivity contribution in [2.24, 2.45) is 0 Å². The Morgan fingerprint density at radius 3 is 2.31 bits per heavy atom. The first-order chi connectivity index (χ1) is 7.84. The third-order valence-corrected chi connectivity index (χ3v) is 5.44. The van der Waals surface area contributed by atoms with Gasteiger partial charge >= 0.3 is 0 Å². The van der Waals surface area contributed by atoms with Crippen molar-refractivity contribution >= 4 is 15.9 Å². The van der Waals surface area contributed by atoms with E-state index in [1.54, 1.807) is 11.1 Å². The second kappa shape index (κ2) is 4.52. The van der Waals surface area contributed by atoms with Crippen LogP contribution < -0.4 is 0 Å². The largest absolute Gasteiger partial charge is 0.0884 e. The van der Waals surface area contributed by atoms with Crippen LogP contribution in [0.25, 0.3) is 0 Å². The molecule has 0 amide bonds. The highest BCUT2D eigenvalue weighted by Gasteiger charge is 2.27. The van der Waals surface area contributed by atoms with Crippen LogP contribution in [0.15, 0.2) is 24.3 Å². The maximum Gasteiger partial charge on any atom is 0.0214 e. The third kappa shape index (κ3) is 1.95. The SMILES string of the molecule is BrC1CCCC1c1cccc(C2CCC2)c1. The molecule has 0 nitrogen and oxygen atoms in total. The van der Waals surface area contributed by atoms with Crippen LogP contribution in [0.4, 0.5) is 0 Å². The second-order valence-corrected chi connectivity index (χ2v) is 6.53. The summed E-state index contributed by atoms with van der Waals surface area (Å²) in [5, 5.41) is 0. The number of rotatable bonds is 2. The Balaban J connectivity index is 1.83. The molecule has 0 N–H and O–H groups in total. The molecule has 2 unspecified atom stereocenters. The van der Waals surface area contributed by atoms with Crippen LogP contribution >= 0.6 is 15.9 Å². The van der Waals surface area contributed by atoms with E-state index in [0.29, 0.717) is 4.83 Å².